The summed E-state index contributed by atoms with van der Waals surface area (Å²) in [6.07, 6.45) is 3.79. The molecule has 0 bridgehead atoms. The van der Waals surface area contributed by atoms with E-state index in [-0.39, 0.29) is 0 Å². The molecule has 1 aliphatic rings. The Hall–Kier alpha value is -1.35. The maximum absolute atomic E-state index is 4.87. The Morgan fingerprint density at radius 2 is 2.05 bits per heavy atom. The van der Waals surface area contributed by atoms with Gasteiger partial charge in [-0.15, -0.1) is 0 Å². The molecular formula is C18H27N3. The maximum Gasteiger partial charge on any atom is 0.0709 e. The zero-order valence-electron chi connectivity index (χ0n) is 13.5. The second-order valence-corrected chi connectivity index (χ2v) is 6.98. The van der Waals surface area contributed by atoms with Crippen LogP contribution in [0.1, 0.15) is 39.3 Å². The number of aryl methyl sites for hydroxylation is 1. The Balaban J connectivity index is 1.76. The van der Waals surface area contributed by atoms with E-state index >= 15 is 0 Å². The highest BCUT2D eigenvalue weighted by atomic mass is 15.3. The van der Waals surface area contributed by atoms with Gasteiger partial charge < -0.3 is 5.32 Å². The third-order valence-electron chi connectivity index (χ3n) is 4.59. The summed E-state index contributed by atoms with van der Waals surface area (Å²) >= 11 is 0. The van der Waals surface area contributed by atoms with E-state index in [0.29, 0.717) is 5.41 Å². The molecule has 1 N–H and O–H groups in total. The molecule has 0 unspecified atom stereocenters. The molecule has 114 valence electrons. The van der Waals surface area contributed by atoms with Crippen LogP contribution < -0.4 is 5.32 Å². The normalized spacial score (nSPS) is 16.8. The van der Waals surface area contributed by atoms with Crippen molar-refractivity contribution in [3.63, 3.8) is 0 Å². The Kier molecular flexibility index (Phi) is 4.03. The topological polar surface area (TPSA) is 29.9 Å². The fraction of sp³-hybridized carbons (Fsp3) is 0.611. The molecule has 1 saturated carbocycles. The maximum atomic E-state index is 4.87. The van der Waals surface area contributed by atoms with Gasteiger partial charge in [0, 0.05) is 18.5 Å². The van der Waals surface area contributed by atoms with Gasteiger partial charge in [0.15, 0.2) is 0 Å². The van der Waals surface area contributed by atoms with Crippen molar-refractivity contribution in [2.45, 2.75) is 46.6 Å². The molecule has 0 saturated heterocycles. The van der Waals surface area contributed by atoms with Crippen molar-refractivity contribution < 1.29 is 0 Å². The van der Waals surface area contributed by atoms with Crippen molar-refractivity contribution in [1.29, 1.82) is 0 Å². The van der Waals surface area contributed by atoms with E-state index in [1.165, 1.54) is 29.4 Å². The quantitative estimate of drug-likeness (QED) is 0.842. The lowest BCUT2D eigenvalue weighted by atomic mass is 9.98. The van der Waals surface area contributed by atoms with Gasteiger partial charge in [-0.25, -0.2) is 0 Å². The predicted octanol–water partition coefficient (Wildman–Crippen LogP) is 3.62. The molecule has 0 radical (unpaired) electrons. The SMILES string of the molecule is CCn1nc(CC2(CNCC(C)C)CC2)c2ccccc21. The van der Waals surface area contributed by atoms with E-state index in [1.54, 1.807) is 0 Å². The summed E-state index contributed by atoms with van der Waals surface area (Å²) in [5, 5.41) is 9.85. The number of aromatic nitrogens is 2. The van der Waals surface area contributed by atoms with Crippen LogP contribution in [0.5, 0.6) is 0 Å². The lowest BCUT2D eigenvalue weighted by molar-refractivity contribution is 0.427. The van der Waals surface area contributed by atoms with E-state index in [2.05, 4.69) is 55.0 Å². The fourth-order valence-corrected chi connectivity index (χ4v) is 3.14. The molecule has 1 heterocycles. The van der Waals surface area contributed by atoms with Crippen LogP contribution in [0.4, 0.5) is 0 Å². The van der Waals surface area contributed by atoms with Gasteiger partial charge in [-0.2, -0.15) is 5.10 Å². The first-order valence-corrected chi connectivity index (χ1v) is 8.29. The molecule has 0 aliphatic heterocycles. The fourth-order valence-electron chi connectivity index (χ4n) is 3.14. The summed E-state index contributed by atoms with van der Waals surface area (Å²) in [6.45, 7) is 9.90. The van der Waals surface area contributed by atoms with E-state index in [0.717, 1.165) is 32.0 Å². The van der Waals surface area contributed by atoms with Gasteiger partial charge in [-0.05, 0) is 50.1 Å². The standard InChI is InChI=1S/C18H27N3/c1-4-21-17-8-6-5-7-15(17)16(20-21)11-18(9-10-18)13-19-12-14(2)3/h5-8,14,19H,4,9-13H2,1-3H3. The summed E-state index contributed by atoms with van der Waals surface area (Å²) in [4.78, 5) is 0. The van der Waals surface area contributed by atoms with Crippen molar-refractivity contribution in [1.82, 2.24) is 15.1 Å². The van der Waals surface area contributed by atoms with Crippen molar-refractivity contribution in [2.75, 3.05) is 13.1 Å². The monoisotopic (exact) mass is 285 g/mol. The van der Waals surface area contributed by atoms with Crippen LogP contribution in [0.3, 0.4) is 0 Å². The van der Waals surface area contributed by atoms with Crippen LogP contribution in [0.25, 0.3) is 10.9 Å². The van der Waals surface area contributed by atoms with E-state index in [4.69, 9.17) is 5.10 Å². The van der Waals surface area contributed by atoms with Gasteiger partial charge >= 0.3 is 0 Å². The van der Waals surface area contributed by atoms with Crippen LogP contribution in [0, 0.1) is 11.3 Å². The van der Waals surface area contributed by atoms with E-state index in [9.17, 15) is 0 Å². The van der Waals surface area contributed by atoms with Gasteiger partial charge in [0.25, 0.3) is 0 Å². The number of rotatable bonds is 7. The molecule has 1 aromatic heterocycles. The Morgan fingerprint density at radius 3 is 2.71 bits per heavy atom. The molecule has 0 amide bonds. The van der Waals surface area contributed by atoms with Crippen LogP contribution in [0.2, 0.25) is 0 Å². The second-order valence-electron chi connectivity index (χ2n) is 6.98. The zero-order valence-corrected chi connectivity index (χ0v) is 13.5. The molecule has 1 fully saturated rings. The highest BCUT2D eigenvalue weighted by Gasteiger charge is 2.43. The van der Waals surface area contributed by atoms with Crippen molar-refractivity contribution >= 4 is 10.9 Å². The zero-order chi connectivity index (χ0) is 14.9. The van der Waals surface area contributed by atoms with Gasteiger partial charge in [-0.3, -0.25) is 4.68 Å². The van der Waals surface area contributed by atoms with Crippen molar-refractivity contribution in [3.8, 4) is 0 Å². The molecule has 0 atom stereocenters. The van der Waals surface area contributed by atoms with Gasteiger partial charge in [0.2, 0.25) is 0 Å². The molecule has 0 spiro atoms. The first kappa shape index (κ1) is 14.6. The lowest BCUT2D eigenvalue weighted by Gasteiger charge is -2.16. The third-order valence-corrected chi connectivity index (χ3v) is 4.59. The highest BCUT2D eigenvalue weighted by Crippen LogP contribution is 2.48. The smallest absolute Gasteiger partial charge is 0.0709 e. The summed E-state index contributed by atoms with van der Waals surface area (Å²) in [7, 11) is 0. The Morgan fingerprint density at radius 1 is 1.29 bits per heavy atom. The largest absolute Gasteiger partial charge is 0.316 e. The van der Waals surface area contributed by atoms with Crippen molar-refractivity contribution in [3.05, 3.63) is 30.0 Å². The predicted molar refractivity (Wildman–Crippen MR) is 88.5 cm³/mol. The Labute approximate surface area is 127 Å². The summed E-state index contributed by atoms with van der Waals surface area (Å²) in [5.41, 5.74) is 3.03. The van der Waals surface area contributed by atoms with Crippen LogP contribution >= 0.6 is 0 Å². The number of nitrogens with one attached hydrogen (secondary N) is 1. The number of fused-ring (bicyclic) bond motifs is 1. The summed E-state index contributed by atoms with van der Waals surface area (Å²) < 4.78 is 2.14. The minimum absolute atomic E-state index is 0.463. The molecule has 2 aromatic rings. The van der Waals surface area contributed by atoms with Crippen molar-refractivity contribution in [2.24, 2.45) is 11.3 Å². The summed E-state index contributed by atoms with van der Waals surface area (Å²) in [6, 6.07) is 8.65. The number of hydrogen-bond donors (Lipinski definition) is 1. The minimum atomic E-state index is 0.463. The minimum Gasteiger partial charge on any atom is -0.316 e. The van der Waals surface area contributed by atoms with Crippen LogP contribution in [0.15, 0.2) is 24.3 Å². The van der Waals surface area contributed by atoms with Crippen LogP contribution in [-0.2, 0) is 13.0 Å². The molecular weight excluding hydrogens is 258 g/mol. The van der Waals surface area contributed by atoms with Gasteiger partial charge in [-0.1, -0.05) is 32.0 Å². The number of para-hydroxylation sites is 1. The first-order valence-electron chi connectivity index (χ1n) is 8.29. The molecule has 1 aliphatic carbocycles. The highest BCUT2D eigenvalue weighted by molar-refractivity contribution is 5.82. The number of nitrogens with zero attached hydrogens (tertiary/aromatic N) is 2. The first-order chi connectivity index (χ1) is 10.1. The molecule has 3 nitrogen and oxygen atoms in total. The van der Waals surface area contributed by atoms with Crippen LogP contribution in [-0.4, -0.2) is 22.9 Å². The third kappa shape index (κ3) is 3.13. The average Bonchev–Trinajstić information content (AvgIpc) is 3.13. The molecule has 3 heteroatoms. The number of hydrogen-bond acceptors (Lipinski definition) is 2. The molecule has 1 aromatic carbocycles. The van der Waals surface area contributed by atoms with Gasteiger partial charge in [0.05, 0.1) is 11.2 Å². The molecule has 3 rings (SSSR count). The van der Waals surface area contributed by atoms with E-state index in [1.807, 2.05) is 0 Å². The lowest BCUT2D eigenvalue weighted by Crippen LogP contribution is -2.28. The van der Waals surface area contributed by atoms with E-state index < -0.39 is 0 Å². The second kappa shape index (κ2) is 5.80. The molecule has 21 heavy (non-hydrogen) atoms. The average molecular weight is 285 g/mol. The summed E-state index contributed by atoms with van der Waals surface area (Å²) in [5.74, 6) is 0.723. The Bertz CT molecular complexity index is 608. The van der Waals surface area contributed by atoms with Gasteiger partial charge in [0.1, 0.15) is 0 Å². The number of benzene rings is 1.